The number of nitrogens with one attached hydrogen (secondary N) is 1. The van der Waals surface area contributed by atoms with Crippen LogP contribution in [0.5, 0.6) is 0 Å². The van der Waals surface area contributed by atoms with Crippen molar-refractivity contribution in [2.24, 2.45) is 0 Å². The van der Waals surface area contributed by atoms with Crippen LogP contribution in [0.2, 0.25) is 0 Å². The van der Waals surface area contributed by atoms with Crippen molar-refractivity contribution in [1.29, 1.82) is 0 Å². The first-order valence-corrected chi connectivity index (χ1v) is 7.00. The molecule has 0 radical (unpaired) electrons. The van der Waals surface area contributed by atoms with Crippen molar-refractivity contribution in [2.75, 3.05) is 0 Å². The maximum atomic E-state index is 3.46. The highest BCUT2D eigenvalue weighted by atomic mass is 79.9. The van der Waals surface area contributed by atoms with E-state index in [9.17, 15) is 0 Å². The fourth-order valence-electron chi connectivity index (χ4n) is 1.52. The summed E-state index contributed by atoms with van der Waals surface area (Å²) in [5.41, 5.74) is 2.86. The Morgan fingerprint density at radius 2 is 1.88 bits per heavy atom. The summed E-state index contributed by atoms with van der Waals surface area (Å²) < 4.78 is 1.17. The minimum atomic E-state index is 0.526. The zero-order valence-electron chi connectivity index (χ0n) is 11.1. The second-order valence-electron chi connectivity index (χ2n) is 3.65. The highest BCUT2D eigenvalue weighted by Crippen LogP contribution is 2.26. The second-order valence-corrected chi connectivity index (χ2v) is 4.57. The number of benzene rings is 1. The number of halogens is 1. The Morgan fingerprint density at radius 3 is 2.44 bits per heavy atom. The van der Waals surface area contributed by atoms with Crippen molar-refractivity contribution in [3.8, 4) is 0 Å². The summed E-state index contributed by atoms with van der Waals surface area (Å²) in [4.78, 5) is 0. The van der Waals surface area contributed by atoms with Gasteiger partial charge in [0.1, 0.15) is 0 Å². The van der Waals surface area contributed by atoms with Gasteiger partial charge < -0.3 is 5.32 Å². The van der Waals surface area contributed by atoms with Crippen LogP contribution in [0.4, 0.5) is 0 Å². The molecule has 1 N–H and O–H groups in total. The van der Waals surface area contributed by atoms with Gasteiger partial charge in [-0.15, -0.1) is 0 Å². The van der Waals surface area contributed by atoms with E-state index in [2.05, 4.69) is 60.2 Å². The van der Waals surface area contributed by atoms with E-state index in [4.69, 9.17) is 0 Å². The second kappa shape index (κ2) is 8.77. The van der Waals surface area contributed by atoms with Crippen LogP contribution in [-0.4, -0.2) is 0 Å². The smallest absolute Gasteiger partial charge is 0.0298 e. The van der Waals surface area contributed by atoms with Crippen LogP contribution in [0.1, 0.15) is 58.2 Å². The molecule has 2 heteroatoms. The summed E-state index contributed by atoms with van der Waals surface area (Å²) in [6.45, 7) is 11.5. The van der Waals surface area contributed by atoms with Gasteiger partial charge in [-0.2, -0.15) is 0 Å². The number of rotatable bonds is 0. The first-order chi connectivity index (χ1) is 7.69. The molecule has 16 heavy (non-hydrogen) atoms. The lowest BCUT2D eigenvalue weighted by molar-refractivity contribution is 0.633. The van der Waals surface area contributed by atoms with Crippen LogP contribution in [-0.2, 0) is 6.54 Å². The molecule has 2 rings (SSSR count). The number of hydrogen-bond acceptors (Lipinski definition) is 1. The van der Waals surface area contributed by atoms with E-state index in [1.807, 2.05) is 13.8 Å². The standard InChI is InChI=1S/C9H10BrN.C3H8.C2H6/c1-6-9-3-2-8(10)4-7(9)5-11-6;1-3-2;1-2/h2-4,6,11H,5H2,1H3;3H2,1-2H3;1-2H3. The van der Waals surface area contributed by atoms with E-state index in [1.165, 1.54) is 22.0 Å². The quantitative estimate of drug-likeness (QED) is 0.703. The molecule has 0 bridgehead atoms. The summed E-state index contributed by atoms with van der Waals surface area (Å²) in [6, 6.07) is 7.00. The minimum absolute atomic E-state index is 0.526. The van der Waals surface area contributed by atoms with Gasteiger partial charge in [-0.05, 0) is 30.2 Å². The van der Waals surface area contributed by atoms with E-state index < -0.39 is 0 Å². The molecular weight excluding hydrogens is 262 g/mol. The van der Waals surface area contributed by atoms with Gasteiger partial charge in [0.2, 0.25) is 0 Å². The Bertz CT molecular complexity index is 297. The summed E-state index contributed by atoms with van der Waals surface area (Å²) >= 11 is 3.46. The third kappa shape index (κ3) is 4.67. The molecule has 1 unspecified atom stereocenters. The first kappa shape index (κ1) is 15.7. The van der Waals surface area contributed by atoms with Crippen molar-refractivity contribution in [2.45, 2.75) is 53.6 Å². The average Bonchev–Trinajstić information content (AvgIpc) is 2.64. The van der Waals surface area contributed by atoms with Gasteiger partial charge in [-0.1, -0.05) is 56.1 Å². The van der Waals surface area contributed by atoms with Crippen LogP contribution in [0, 0.1) is 0 Å². The fraction of sp³-hybridized carbons (Fsp3) is 0.571. The highest BCUT2D eigenvalue weighted by Gasteiger charge is 2.16. The van der Waals surface area contributed by atoms with Crippen LogP contribution < -0.4 is 5.32 Å². The van der Waals surface area contributed by atoms with Gasteiger partial charge in [0, 0.05) is 17.1 Å². The minimum Gasteiger partial charge on any atom is -0.306 e. The SMILES string of the molecule is CC.CC1NCc2cc(Br)ccc21.CCC. The Balaban J connectivity index is 0.000000394. The maximum absolute atomic E-state index is 3.46. The van der Waals surface area contributed by atoms with Gasteiger partial charge in [0.05, 0.1) is 0 Å². The highest BCUT2D eigenvalue weighted by molar-refractivity contribution is 9.10. The molecule has 0 saturated carbocycles. The lowest BCUT2D eigenvalue weighted by atomic mass is 10.1. The zero-order valence-corrected chi connectivity index (χ0v) is 12.7. The Labute approximate surface area is 109 Å². The summed E-state index contributed by atoms with van der Waals surface area (Å²) in [5.74, 6) is 0. The fourth-order valence-corrected chi connectivity index (χ4v) is 1.93. The van der Waals surface area contributed by atoms with Gasteiger partial charge in [-0.3, -0.25) is 0 Å². The van der Waals surface area contributed by atoms with Crippen LogP contribution in [0.15, 0.2) is 22.7 Å². The Hall–Kier alpha value is -0.340. The van der Waals surface area contributed by atoms with Crippen molar-refractivity contribution in [3.05, 3.63) is 33.8 Å². The number of hydrogen-bond donors (Lipinski definition) is 1. The molecule has 1 nitrogen and oxygen atoms in total. The van der Waals surface area contributed by atoms with E-state index in [-0.39, 0.29) is 0 Å². The molecule has 1 aliphatic heterocycles. The zero-order chi connectivity index (χ0) is 12.6. The van der Waals surface area contributed by atoms with Gasteiger partial charge in [-0.25, -0.2) is 0 Å². The molecule has 0 saturated heterocycles. The van der Waals surface area contributed by atoms with Crippen LogP contribution in [0.3, 0.4) is 0 Å². The molecule has 0 aliphatic carbocycles. The van der Waals surface area contributed by atoms with Gasteiger partial charge in [0.25, 0.3) is 0 Å². The first-order valence-electron chi connectivity index (χ1n) is 6.20. The molecule has 0 spiro atoms. The lowest BCUT2D eigenvalue weighted by Crippen LogP contribution is -2.06. The molecule has 92 valence electrons. The maximum Gasteiger partial charge on any atom is 0.0298 e. The molecule has 0 amide bonds. The van der Waals surface area contributed by atoms with Gasteiger partial charge in [0.15, 0.2) is 0 Å². The molecule has 1 atom stereocenters. The summed E-state index contributed by atoms with van der Waals surface area (Å²) in [6.07, 6.45) is 1.25. The molecule has 1 heterocycles. The van der Waals surface area contributed by atoms with Crippen molar-refractivity contribution < 1.29 is 0 Å². The summed E-state index contributed by atoms with van der Waals surface area (Å²) in [5, 5.41) is 3.39. The molecule has 0 aromatic heterocycles. The third-order valence-corrected chi connectivity index (χ3v) is 2.66. The molecule has 1 aromatic rings. The Morgan fingerprint density at radius 1 is 1.31 bits per heavy atom. The van der Waals surface area contributed by atoms with Crippen molar-refractivity contribution in [1.82, 2.24) is 5.32 Å². The predicted molar refractivity (Wildman–Crippen MR) is 76.7 cm³/mol. The topological polar surface area (TPSA) is 12.0 Å². The van der Waals surface area contributed by atoms with Crippen LogP contribution >= 0.6 is 15.9 Å². The average molecular weight is 286 g/mol. The number of fused-ring (bicyclic) bond motifs is 1. The van der Waals surface area contributed by atoms with Crippen molar-refractivity contribution >= 4 is 15.9 Å². The monoisotopic (exact) mass is 285 g/mol. The van der Waals surface area contributed by atoms with Gasteiger partial charge >= 0.3 is 0 Å². The van der Waals surface area contributed by atoms with E-state index >= 15 is 0 Å². The third-order valence-electron chi connectivity index (χ3n) is 2.17. The summed E-state index contributed by atoms with van der Waals surface area (Å²) in [7, 11) is 0. The van der Waals surface area contributed by atoms with E-state index in [1.54, 1.807) is 0 Å². The lowest BCUT2D eigenvalue weighted by Gasteiger charge is -2.02. The predicted octanol–water partition coefficient (Wildman–Crippen LogP) is 5.06. The Kier molecular flexibility index (Phi) is 8.58. The molecule has 1 aliphatic rings. The van der Waals surface area contributed by atoms with Crippen molar-refractivity contribution in [3.63, 3.8) is 0 Å². The normalized spacial score (nSPS) is 16.5. The van der Waals surface area contributed by atoms with E-state index in [0.29, 0.717) is 6.04 Å². The van der Waals surface area contributed by atoms with Crippen LogP contribution in [0.25, 0.3) is 0 Å². The largest absolute Gasteiger partial charge is 0.306 e. The molecule has 1 aromatic carbocycles. The van der Waals surface area contributed by atoms with E-state index in [0.717, 1.165) is 6.54 Å². The molecule has 0 fully saturated rings. The molecular formula is C14H24BrN.